The number of hydrogen-bond donors (Lipinski definition) is 2. The van der Waals surface area contributed by atoms with Crippen LogP contribution in [0.15, 0.2) is 54.6 Å². The number of nitrogens with one attached hydrogen (secondary N) is 2. The van der Waals surface area contributed by atoms with Gasteiger partial charge in [-0.25, -0.2) is 4.39 Å². The van der Waals surface area contributed by atoms with Gasteiger partial charge in [0, 0.05) is 12.1 Å². The Balaban J connectivity index is 1.76. The highest BCUT2D eigenvalue weighted by atomic mass is 32.1. The molecule has 0 fully saturated rings. The SMILES string of the molecule is O=C(NC(=S)NCCc1ccccc1)c1ccc(F)cc1. The molecule has 0 atom stereocenters. The molecule has 0 spiro atoms. The van der Waals surface area contributed by atoms with E-state index in [2.05, 4.69) is 10.6 Å². The maximum atomic E-state index is 12.8. The van der Waals surface area contributed by atoms with E-state index in [1.54, 1.807) is 0 Å². The summed E-state index contributed by atoms with van der Waals surface area (Å²) in [5.74, 6) is -0.734. The fraction of sp³-hybridized carbons (Fsp3) is 0.125. The van der Waals surface area contributed by atoms with E-state index < -0.39 is 0 Å². The molecule has 0 aliphatic carbocycles. The summed E-state index contributed by atoms with van der Waals surface area (Å²) in [4.78, 5) is 11.8. The van der Waals surface area contributed by atoms with Crippen LogP contribution in [0, 0.1) is 5.82 Å². The van der Waals surface area contributed by atoms with E-state index in [0.29, 0.717) is 12.1 Å². The Morgan fingerprint density at radius 3 is 2.38 bits per heavy atom. The first-order valence-electron chi connectivity index (χ1n) is 6.54. The summed E-state index contributed by atoms with van der Waals surface area (Å²) < 4.78 is 12.8. The van der Waals surface area contributed by atoms with Crippen LogP contribution < -0.4 is 10.6 Å². The van der Waals surface area contributed by atoms with E-state index in [4.69, 9.17) is 12.2 Å². The van der Waals surface area contributed by atoms with Gasteiger partial charge in [-0.3, -0.25) is 10.1 Å². The van der Waals surface area contributed by atoms with Crippen molar-refractivity contribution in [1.82, 2.24) is 10.6 Å². The molecule has 0 bridgehead atoms. The molecule has 0 radical (unpaired) electrons. The predicted octanol–water partition coefficient (Wildman–Crippen LogP) is 2.67. The van der Waals surface area contributed by atoms with Crippen molar-refractivity contribution in [2.24, 2.45) is 0 Å². The largest absolute Gasteiger partial charge is 0.362 e. The van der Waals surface area contributed by atoms with Gasteiger partial charge in [0.05, 0.1) is 0 Å². The molecule has 2 N–H and O–H groups in total. The van der Waals surface area contributed by atoms with Crippen LogP contribution in [0.4, 0.5) is 4.39 Å². The molecule has 0 aliphatic rings. The van der Waals surface area contributed by atoms with E-state index in [9.17, 15) is 9.18 Å². The maximum Gasteiger partial charge on any atom is 0.257 e. The van der Waals surface area contributed by atoms with Gasteiger partial charge in [-0.1, -0.05) is 30.3 Å². The smallest absolute Gasteiger partial charge is 0.257 e. The maximum absolute atomic E-state index is 12.8. The molecule has 0 aliphatic heterocycles. The average Bonchev–Trinajstić information content (AvgIpc) is 2.49. The topological polar surface area (TPSA) is 41.1 Å². The normalized spacial score (nSPS) is 9.95. The van der Waals surface area contributed by atoms with Crippen molar-refractivity contribution in [3.63, 3.8) is 0 Å². The van der Waals surface area contributed by atoms with Gasteiger partial charge in [-0.15, -0.1) is 0 Å². The Kier molecular flexibility index (Phi) is 5.40. The van der Waals surface area contributed by atoms with Gasteiger partial charge < -0.3 is 5.32 Å². The van der Waals surface area contributed by atoms with Crippen LogP contribution in [-0.4, -0.2) is 17.6 Å². The van der Waals surface area contributed by atoms with Crippen molar-refractivity contribution in [1.29, 1.82) is 0 Å². The van der Waals surface area contributed by atoms with Crippen molar-refractivity contribution in [2.45, 2.75) is 6.42 Å². The molecule has 3 nitrogen and oxygen atoms in total. The summed E-state index contributed by atoms with van der Waals surface area (Å²) in [7, 11) is 0. The Labute approximate surface area is 128 Å². The first-order chi connectivity index (χ1) is 10.1. The summed E-state index contributed by atoms with van der Waals surface area (Å²) in [5, 5.41) is 5.79. The molecule has 5 heteroatoms. The lowest BCUT2D eigenvalue weighted by Gasteiger charge is -2.09. The minimum Gasteiger partial charge on any atom is -0.362 e. The van der Waals surface area contributed by atoms with Crippen LogP contribution in [0.2, 0.25) is 0 Å². The fourth-order valence-corrected chi connectivity index (χ4v) is 1.98. The molecule has 21 heavy (non-hydrogen) atoms. The number of thiocarbonyl (C=S) groups is 1. The standard InChI is InChI=1S/C16H15FN2OS/c17-14-8-6-13(7-9-14)15(20)19-16(21)18-11-10-12-4-2-1-3-5-12/h1-9H,10-11H2,(H2,18,19,20,21). The molecule has 2 aromatic carbocycles. The summed E-state index contributed by atoms with van der Waals surface area (Å²) in [6.45, 7) is 0.631. The summed E-state index contributed by atoms with van der Waals surface area (Å²) in [5.41, 5.74) is 1.56. The monoisotopic (exact) mass is 302 g/mol. The number of carbonyl (C=O) groups excluding carboxylic acids is 1. The Hall–Kier alpha value is -2.27. The minimum absolute atomic E-state index is 0.264. The van der Waals surface area contributed by atoms with Crippen LogP contribution in [0.5, 0.6) is 0 Å². The Bertz CT molecular complexity index is 614. The molecular weight excluding hydrogens is 287 g/mol. The predicted molar refractivity (Wildman–Crippen MR) is 84.6 cm³/mol. The van der Waals surface area contributed by atoms with Crippen LogP contribution in [-0.2, 0) is 6.42 Å². The van der Waals surface area contributed by atoms with E-state index >= 15 is 0 Å². The number of halogens is 1. The summed E-state index contributed by atoms with van der Waals surface area (Å²) >= 11 is 5.05. The lowest BCUT2D eigenvalue weighted by Crippen LogP contribution is -2.40. The number of amides is 1. The second kappa shape index (κ2) is 7.50. The van der Waals surface area contributed by atoms with E-state index in [1.165, 1.54) is 29.8 Å². The molecule has 1 amide bonds. The van der Waals surface area contributed by atoms with E-state index in [0.717, 1.165) is 6.42 Å². The molecule has 0 saturated carbocycles. The quantitative estimate of drug-likeness (QED) is 0.853. The molecular formula is C16H15FN2OS. The second-order valence-electron chi connectivity index (χ2n) is 4.45. The van der Waals surface area contributed by atoms with E-state index in [1.807, 2.05) is 30.3 Å². The molecule has 0 saturated heterocycles. The van der Waals surface area contributed by atoms with Gasteiger partial charge in [0.25, 0.3) is 5.91 Å². The Morgan fingerprint density at radius 2 is 1.71 bits per heavy atom. The third kappa shape index (κ3) is 4.96. The third-order valence-corrected chi connectivity index (χ3v) is 3.12. The van der Waals surface area contributed by atoms with Gasteiger partial charge in [0.15, 0.2) is 5.11 Å². The highest BCUT2D eigenvalue weighted by Gasteiger charge is 2.07. The Morgan fingerprint density at radius 1 is 1.05 bits per heavy atom. The zero-order valence-corrected chi connectivity index (χ0v) is 12.1. The van der Waals surface area contributed by atoms with Gasteiger partial charge in [-0.2, -0.15) is 0 Å². The summed E-state index contributed by atoms with van der Waals surface area (Å²) in [6, 6.07) is 15.3. The van der Waals surface area contributed by atoms with Gasteiger partial charge in [0.1, 0.15) is 5.82 Å². The average molecular weight is 302 g/mol. The zero-order valence-electron chi connectivity index (χ0n) is 11.3. The third-order valence-electron chi connectivity index (χ3n) is 2.88. The molecule has 0 aromatic heterocycles. The molecule has 0 heterocycles. The highest BCUT2D eigenvalue weighted by Crippen LogP contribution is 2.02. The first-order valence-corrected chi connectivity index (χ1v) is 6.94. The van der Waals surface area contributed by atoms with Crippen molar-refractivity contribution >= 4 is 23.2 Å². The molecule has 2 aromatic rings. The van der Waals surface area contributed by atoms with Crippen LogP contribution in [0.1, 0.15) is 15.9 Å². The zero-order chi connectivity index (χ0) is 15.1. The second-order valence-corrected chi connectivity index (χ2v) is 4.86. The highest BCUT2D eigenvalue weighted by molar-refractivity contribution is 7.80. The minimum atomic E-state index is -0.380. The molecule has 2 rings (SSSR count). The van der Waals surface area contributed by atoms with Crippen molar-refractivity contribution < 1.29 is 9.18 Å². The van der Waals surface area contributed by atoms with Crippen molar-refractivity contribution in [3.05, 3.63) is 71.5 Å². The van der Waals surface area contributed by atoms with Crippen LogP contribution in [0.3, 0.4) is 0 Å². The van der Waals surface area contributed by atoms with Crippen LogP contribution >= 0.6 is 12.2 Å². The number of hydrogen-bond acceptors (Lipinski definition) is 2. The van der Waals surface area contributed by atoms with Crippen molar-refractivity contribution in [3.8, 4) is 0 Å². The van der Waals surface area contributed by atoms with E-state index in [-0.39, 0.29) is 16.8 Å². The van der Waals surface area contributed by atoms with Crippen LogP contribution in [0.25, 0.3) is 0 Å². The number of benzene rings is 2. The first kappa shape index (κ1) is 15.1. The van der Waals surface area contributed by atoms with Gasteiger partial charge in [-0.05, 0) is 48.5 Å². The number of carbonyl (C=O) groups is 1. The molecule has 108 valence electrons. The molecule has 0 unspecified atom stereocenters. The van der Waals surface area contributed by atoms with Gasteiger partial charge >= 0.3 is 0 Å². The lowest BCUT2D eigenvalue weighted by molar-refractivity contribution is 0.0976. The fourth-order valence-electron chi connectivity index (χ4n) is 1.79. The lowest BCUT2D eigenvalue weighted by atomic mass is 10.1. The summed E-state index contributed by atoms with van der Waals surface area (Å²) in [6.07, 6.45) is 0.813. The number of rotatable bonds is 4. The van der Waals surface area contributed by atoms with Crippen molar-refractivity contribution in [2.75, 3.05) is 6.54 Å². The van der Waals surface area contributed by atoms with Gasteiger partial charge in [0.2, 0.25) is 0 Å².